The summed E-state index contributed by atoms with van der Waals surface area (Å²) in [6, 6.07) is 0.309. The van der Waals surface area contributed by atoms with E-state index in [0.717, 1.165) is 25.8 Å². The second-order valence-corrected chi connectivity index (χ2v) is 4.44. The second kappa shape index (κ2) is 4.74. The van der Waals surface area contributed by atoms with Crippen LogP contribution in [0.4, 0.5) is 10.2 Å². The largest absolute Gasteiger partial charge is 0.367 e. The zero-order chi connectivity index (χ0) is 11.5. The highest BCUT2D eigenvalue weighted by Gasteiger charge is 2.21. The van der Waals surface area contributed by atoms with Crippen LogP contribution in [0.15, 0.2) is 6.33 Å². The van der Waals surface area contributed by atoms with E-state index in [0.29, 0.717) is 23.5 Å². The molecule has 2 atom stereocenters. The number of rotatable bonds is 3. The monoisotopic (exact) mass is 224 g/mol. The molecule has 0 saturated heterocycles. The Morgan fingerprint density at radius 1 is 1.50 bits per heavy atom. The van der Waals surface area contributed by atoms with E-state index in [1.165, 1.54) is 6.33 Å². The Morgan fingerprint density at radius 3 is 3.00 bits per heavy atom. The van der Waals surface area contributed by atoms with E-state index >= 15 is 0 Å². The standard InChI is InChI=1S/C11H17FN4/c1-7-10(12)11(16-6-15-7)14-5-8-2-3-9(13)4-8/h6,8-9H,2-5,13H2,1H3,(H,14,15,16). The van der Waals surface area contributed by atoms with Crippen LogP contribution in [0, 0.1) is 18.7 Å². The van der Waals surface area contributed by atoms with Gasteiger partial charge in [0.25, 0.3) is 0 Å². The number of nitrogens with two attached hydrogens (primary N) is 1. The number of halogens is 1. The molecular weight excluding hydrogens is 207 g/mol. The number of aromatic nitrogens is 2. The van der Waals surface area contributed by atoms with Crippen LogP contribution in [0.5, 0.6) is 0 Å². The molecule has 0 bridgehead atoms. The van der Waals surface area contributed by atoms with Crippen LogP contribution in [0.2, 0.25) is 0 Å². The number of nitrogens with zero attached hydrogens (tertiary/aromatic N) is 2. The molecule has 1 aliphatic carbocycles. The fourth-order valence-electron chi connectivity index (χ4n) is 2.12. The highest BCUT2D eigenvalue weighted by molar-refractivity contribution is 5.36. The number of nitrogens with one attached hydrogen (secondary N) is 1. The lowest BCUT2D eigenvalue weighted by Gasteiger charge is -2.12. The summed E-state index contributed by atoms with van der Waals surface area (Å²) in [6.45, 7) is 2.37. The SMILES string of the molecule is Cc1ncnc(NCC2CCC(N)C2)c1F. The molecule has 0 aromatic carbocycles. The molecule has 1 aliphatic rings. The van der Waals surface area contributed by atoms with Crippen molar-refractivity contribution < 1.29 is 4.39 Å². The quantitative estimate of drug-likeness (QED) is 0.816. The van der Waals surface area contributed by atoms with Gasteiger partial charge in [0, 0.05) is 12.6 Å². The van der Waals surface area contributed by atoms with Crippen molar-refractivity contribution in [3.63, 3.8) is 0 Å². The van der Waals surface area contributed by atoms with Gasteiger partial charge in [0.1, 0.15) is 6.33 Å². The Morgan fingerprint density at radius 2 is 2.31 bits per heavy atom. The van der Waals surface area contributed by atoms with Crippen molar-refractivity contribution in [2.75, 3.05) is 11.9 Å². The smallest absolute Gasteiger partial charge is 0.186 e. The highest BCUT2D eigenvalue weighted by atomic mass is 19.1. The third-order valence-corrected chi connectivity index (χ3v) is 3.10. The molecule has 0 spiro atoms. The molecule has 1 aromatic rings. The van der Waals surface area contributed by atoms with Crippen molar-refractivity contribution in [3.05, 3.63) is 17.8 Å². The average molecular weight is 224 g/mol. The topological polar surface area (TPSA) is 63.8 Å². The maximum Gasteiger partial charge on any atom is 0.186 e. The Kier molecular flexibility index (Phi) is 3.33. The second-order valence-electron chi connectivity index (χ2n) is 4.44. The van der Waals surface area contributed by atoms with Gasteiger partial charge in [-0.05, 0) is 32.1 Å². The summed E-state index contributed by atoms with van der Waals surface area (Å²) in [5.74, 6) is 0.474. The molecule has 4 nitrogen and oxygen atoms in total. The molecule has 0 amide bonds. The van der Waals surface area contributed by atoms with Gasteiger partial charge >= 0.3 is 0 Å². The molecular formula is C11H17FN4. The van der Waals surface area contributed by atoms with Crippen molar-refractivity contribution in [1.29, 1.82) is 0 Å². The first-order valence-electron chi connectivity index (χ1n) is 5.63. The normalized spacial score (nSPS) is 24.7. The van der Waals surface area contributed by atoms with E-state index in [1.54, 1.807) is 6.92 Å². The minimum Gasteiger partial charge on any atom is -0.367 e. The van der Waals surface area contributed by atoms with Gasteiger partial charge in [0.15, 0.2) is 11.6 Å². The predicted octanol–water partition coefficient (Wildman–Crippen LogP) is 1.46. The van der Waals surface area contributed by atoms with E-state index in [-0.39, 0.29) is 5.82 Å². The molecule has 2 rings (SSSR count). The van der Waals surface area contributed by atoms with Crippen LogP contribution in [-0.2, 0) is 0 Å². The summed E-state index contributed by atoms with van der Waals surface area (Å²) in [5.41, 5.74) is 6.20. The third kappa shape index (κ3) is 2.47. The van der Waals surface area contributed by atoms with Gasteiger partial charge in [0.05, 0.1) is 5.69 Å². The van der Waals surface area contributed by atoms with Crippen molar-refractivity contribution in [1.82, 2.24) is 9.97 Å². The fourth-order valence-corrected chi connectivity index (χ4v) is 2.12. The molecule has 16 heavy (non-hydrogen) atoms. The molecule has 3 N–H and O–H groups in total. The van der Waals surface area contributed by atoms with E-state index in [1.807, 2.05) is 0 Å². The molecule has 88 valence electrons. The number of aryl methyl sites for hydroxylation is 1. The van der Waals surface area contributed by atoms with Crippen LogP contribution < -0.4 is 11.1 Å². The van der Waals surface area contributed by atoms with Crippen molar-refractivity contribution >= 4 is 5.82 Å². The first kappa shape index (κ1) is 11.3. The molecule has 1 aromatic heterocycles. The first-order chi connectivity index (χ1) is 7.66. The van der Waals surface area contributed by atoms with Crippen LogP contribution in [0.3, 0.4) is 0 Å². The average Bonchev–Trinajstić information content (AvgIpc) is 2.67. The lowest BCUT2D eigenvalue weighted by molar-refractivity contribution is 0.557. The lowest BCUT2D eigenvalue weighted by Crippen LogP contribution is -2.18. The first-order valence-corrected chi connectivity index (χ1v) is 5.63. The lowest BCUT2D eigenvalue weighted by atomic mass is 10.1. The molecule has 2 unspecified atom stereocenters. The Balaban J connectivity index is 1.92. The molecule has 1 fully saturated rings. The predicted molar refractivity (Wildman–Crippen MR) is 60.5 cm³/mol. The van der Waals surface area contributed by atoms with Gasteiger partial charge in [0.2, 0.25) is 0 Å². The summed E-state index contributed by atoms with van der Waals surface area (Å²) in [5, 5.41) is 3.03. The zero-order valence-corrected chi connectivity index (χ0v) is 9.41. The summed E-state index contributed by atoms with van der Waals surface area (Å²) < 4.78 is 13.5. The zero-order valence-electron chi connectivity index (χ0n) is 9.41. The van der Waals surface area contributed by atoms with E-state index in [4.69, 9.17) is 5.73 Å². The third-order valence-electron chi connectivity index (χ3n) is 3.10. The van der Waals surface area contributed by atoms with E-state index in [9.17, 15) is 4.39 Å². The van der Waals surface area contributed by atoms with E-state index in [2.05, 4.69) is 15.3 Å². The number of anilines is 1. The summed E-state index contributed by atoms with van der Waals surface area (Å²) in [6.07, 6.45) is 4.57. The summed E-state index contributed by atoms with van der Waals surface area (Å²) >= 11 is 0. The van der Waals surface area contributed by atoms with Crippen molar-refractivity contribution in [2.24, 2.45) is 11.7 Å². The molecule has 0 aliphatic heterocycles. The van der Waals surface area contributed by atoms with Gasteiger partial charge in [-0.25, -0.2) is 14.4 Å². The Hall–Kier alpha value is -1.23. The van der Waals surface area contributed by atoms with Crippen LogP contribution in [-0.4, -0.2) is 22.6 Å². The molecule has 1 saturated carbocycles. The fraction of sp³-hybridized carbons (Fsp3) is 0.636. The van der Waals surface area contributed by atoms with Gasteiger partial charge < -0.3 is 11.1 Å². The summed E-state index contributed by atoms with van der Waals surface area (Å²) in [7, 11) is 0. The Bertz CT molecular complexity index is 369. The summed E-state index contributed by atoms with van der Waals surface area (Å²) in [4.78, 5) is 7.68. The van der Waals surface area contributed by atoms with Crippen LogP contribution in [0.25, 0.3) is 0 Å². The van der Waals surface area contributed by atoms with Crippen LogP contribution >= 0.6 is 0 Å². The van der Waals surface area contributed by atoms with Gasteiger partial charge in [-0.2, -0.15) is 0 Å². The van der Waals surface area contributed by atoms with Gasteiger partial charge in [-0.15, -0.1) is 0 Å². The van der Waals surface area contributed by atoms with Crippen LogP contribution in [0.1, 0.15) is 25.0 Å². The van der Waals surface area contributed by atoms with Gasteiger partial charge in [-0.3, -0.25) is 0 Å². The minimum absolute atomic E-state index is 0.299. The van der Waals surface area contributed by atoms with Crippen molar-refractivity contribution in [2.45, 2.75) is 32.2 Å². The van der Waals surface area contributed by atoms with E-state index < -0.39 is 0 Å². The van der Waals surface area contributed by atoms with Gasteiger partial charge in [-0.1, -0.05) is 0 Å². The molecule has 1 heterocycles. The number of hydrogen-bond acceptors (Lipinski definition) is 4. The molecule has 5 heteroatoms. The highest BCUT2D eigenvalue weighted by Crippen LogP contribution is 2.24. The number of hydrogen-bond donors (Lipinski definition) is 2. The van der Waals surface area contributed by atoms with Crippen molar-refractivity contribution in [3.8, 4) is 0 Å². The Labute approximate surface area is 94.5 Å². The molecule has 0 radical (unpaired) electrons. The minimum atomic E-state index is -0.357. The maximum atomic E-state index is 13.5. The maximum absolute atomic E-state index is 13.5.